The van der Waals surface area contributed by atoms with E-state index in [0.29, 0.717) is 19.4 Å². The summed E-state index contributed by atoms with van der Waals surface area (Å²) < 4.78 is 13.0. The first-order chi connectivity index (χ1) is 9.86. The monoisotopic (exact) mass is 296 g/mol. The second kappa shape index (κ2) is 7.61. The molecular weight excluding hydrogens is 275 g/mol. The minimum Gasteiger partial charge on any atom is -0.480 e. The molecule has 21 heavy (non-hydrogen) atoms. The lowest BCUT2D eigenvalue weighted by Gasteiger charge is -2.24. The minimum absolute atomic E-state index is 0.285. The van der Waals surface area contributed by atoms with Crippen LogP contribution in [-0.4, -0.2) is 41.6 Å². The Morgan fingerprint density at radius 3 is 2.62 bits per heavy atom. The normalized spacial score (nSPS) is 11.8. The van der Waals surface area contributed by atoms with E-state index in [1.807, 2.05) is 6.92 Å². The molecule has 1 aromatic carbocycles. The number of aliphatic carboxylic acids is 1. The molecule has 1 unspecified atom stereocenters. The quantitative estimate of drug-likeness (QED) is 0.845. The third-order valence-corrected chi connectivity index (χ3v) is 3.43. The molecule has 1 atom stereocenters. The number of amides is 2. The Bertz CT molecular complexity index is 520. The SMILES string of the molecule is CCC(C(=O)O)N(C)C(=O)NCCc1ccc(F)cc1C. The Hall–Kier alpha value is -2.11. The van der Waals surface area contributed by atoms with Crippen molar-refractivity contribution in [3.63, 3.8) is 0 Å². The van der Waals surface area contributed by atoms with Crippen LogP contribution in [0.25, 0.3) is 0 Å². The average Bonchev–Trinajstić information content (AvgIpc) is 2.41. The molecule has 0 aliphatic rings. The maximum Gasteiger partial charge on any atom is 0.326 e. The fraction of sp³-hybridized carbons (Fsp3) is 0.467. The topological polar surface area (TPSA) is 69.6 Å². The molecule has 0 aliphatic heterocycles. The fourth-order valence-electron chi connectivity index (χ4n) is 2.12. The first-order valence-corrected chi connectivity index (χ1v) is 6.85. The maximum absolute atomic E-state index is 13.0. The Kier molecular flexibility index (Phi) is 6.14. The molecule has 6 heteroatoms. The van der Waals surface area contributed by atoms with Crippen LogP contribution >= 0.6 is 0 Å². The molecule has 116 valence electrons. The van der Waals surface area contributed by atoms with Crippen molar-refractivity contribution in [3.8, 4) is 0 Å². The Morgan fingerprint density at radius 2 is 2.10 bits per heavy atom. The van der Waals surface area contributed by atoms with Crippen molar-refractivity contribution in [2.24, 2.45) is 0 Å². The number of hydrogen-bond donors (Lipinski definition) is 2. The molecular formula is C15H21FN2O3. The molecule has 0 aliphatic carbocycles. The predicted molar refractivity (Wildman–Crippen MR) is 77.7 cm³/mol. The van der Waals surface area contributed by atoms with Crippen LogP contribution in [0.4, 0.5) is 9.18 Å². The van der Waals surface area contributed by atoms with E-state index in [2.05, 4.69) is 5.32 Å². The molecule has 2 N–H and O–H groups in total. The number of hydrogen-bond acceptors (Lipinski definition) is 2. The van der Waals surface area contributed by atoms with Crippen LogP contribution in [0.15, 0.2) is 18.2 Å². The van der Waals surface area contributed by atoms with Crippen molar-refractivity contribution in [2.45, 2.75) is 32.7 Å². The number of carboxylic acid groups (broad SMARTS) is 1. The van der Waals surface area contributed by atoms with Crippen LogP contribution in [0.1, 0.15) is 24.5 Å². The van der Waals surface area contributed by atoms with E-state index < -0.39 is 18.0 Å². The minimum atomic E-state index is -1.02. The zero-order valence-electron chi connectivity index (χ0n) is 12.5. The van der Waals surface area contributed by atoms with Gasteiger partial charge in [0.05, 0.1) is 0 Å². The molecule has 1 aromatic rings. The van der Waals surface area contributed by atoms with Gasteiger partial charge in [0, 0.05) is 13.6 Å². The van der Waals surface area contributed by atoms with Gasteiger partial charge in [-0.3, -0.25) is 0 Å². The molecule has 2 amide bonds. The number of nitrogens with one attached hydrogen (secondary N) is 1. The summed E-state index contributed by atoms with van der Waals surface area (Å²) >= 11 is 0. The van der Waals surface area contributed by atoms with E-state index >= 15 is 0 Å². The number of urea groups is 1. The van der Waals surface area contributed by atoms with Gasteiger partial charge >= 0.3 is 12.0 Å². The van der Waals surface area contributed by atoms with Crippen molar-refractivity contribution in [1.29, 1.82) is 0 Å². The average molecular weight is 296 g/mol. The number of halogens is 1. The number of rotatable bonds is 6. The van der Waals surface area contributed by atoms with Gasteiger partial charge in [0.15, 0.2) is 0 Å². The van der Waals surface area contributed by atoms with Gasteiger partial charge in [-0.1, -0.05) is 13.0 Å². The third-order valence-electron chi connectivity index (χ3n) is 3.43. The zero-order chi connectivity index (χ0) is 16.0. The Balaban J connectivity index is 2.51. The molecule has 1 rings (SSSR count). The summed E-state index contributed by atoms with van der Waals surface area (Å²) in [6.07, 6.45) is 0.909. The fourth-order valence-corrected chi connectivity index (χ4v) is 2.12. The van der Waals surface area contributed by atoms with E-state index in [-0.39, 0.29) is 5.82 Å². The molecule has 0 radical (unpaired) electrons. The van der Waals surface area contributed by atoms with Gasteiger partial charge in [0.25, 0.3) is 0 Å². The summed E-state index contributed by atoms with van der Waals surface area (Å²) in [7, 11) is 1.46. The first kappa shape index (κ1) is 16.9. The van der Waals surface area contributed by atoms with Gasteiger partial charge in [-0.2, -0.15) is 0 Å². The Labute approximate surface area is 123 Å². The van der Waals surface area contributed by atoms with E-state index in [1.165, 1.54) is 24.1 Å². The highest BCUT2D eigenvalue weighted by Gasteiger charge is 2.24. The van der Waals surface area contributed by atoms with Crippen molar-refractivity contribution < 1.29 is 19.1 Å². The zero-order valence-corrected chi connectivity index (χ0v) is 12.5. The molecule has 0 aromatic heterocycles. The second-order valence-corrected chi connectivity index (χ2v) is 4.93. The van der Waals surface area contributed by atoms with E-state index in [1.54, 1.807) is 13.0 Å². The van der Waals surface area contributed by atoms with Gasteiger partial charge in [0.2, 0.25) is 0 Å². The van der Waals surface area contributed by atoms with Crippen LogP contribution in [-0.2, 0) is 11.2 Å². The molecule has 0 spiro atoms. The van der Waals surface area contributed by atoms with Crippen molar-refractivity contribution >= 4 is 12.0 Å². The second-order valence-electron chi connectivity index (χ2n) is 4.93. The summed E-state index contributed by atoms with van der Waals surface area (Å²) in [5.74, 6) is -1.31. The van der Waals surface area contributed by atoms with E-state index in [9.17, 15) is 14.0 Å². The van der Waals surface area contributed by atoms with Gasteiger partial charge in [-0.25, -0.2) is 14.0 Å². The van der Waals surface area contributed by atoms with Crippen LogP contribution in [0.2, 0.25) is 0 Å². The molecule has 0 heterocycles. The molecule has 0 bridgehead atoms. The number of carboxylic acids is 1. The largest absolute Gasteiger partial charge is 0.480 e. The van der Waals surface area contributed by atoms with Gasteiger partial charge < -0.3 is 15.3 Å². The maximum atomic E-state index is 13.0. The first-order valence-electron chi connectivity index (χ1n) is 6.85. The number of carbonyl (C=O) groups is 2. The van der Waals surface area contributed by atoms with Crippen LogP contribution in [0.5, 0.6) is 0 Å². The summed E-state index contributed by atoms with van der Waals surface area (Å²) in [4.78, 5) is 24.0. The van der Waals surface area contributed by atoms with E-state index in [0.717, 1.165) is 11.1 Å². The van der Waals surface area contributed by atoms with Crippen molar-refractivity contribution in [1.82, 2.24) is 10.2 Å². The summed E-state index contributed by atoms with van der Waals surface area (Å²) in [5, 5.41) is 11.7. The summed E-state index contributed by atoms with van der Waals surface area (Å²) in [6, 6.07) is 3.25. The van der Waals surface area contributed by atoms with E-state index in [4.69, 9.17) is 5.11 Å². The molecule has 0 saturated carbocycles. The third kappa shape index (κ3) is 4.73. The van der Waals surface area contributed by atoms with Crippen LogP contribution in [0, 0.1) is 12.7 Å². The summed E-state index contributed by atoms with van der Waals surface area (Å²) in [6.45, 7) is 3.89. The highest BCUT2D eigenvalue weighted by atomic mass is 19.1. The highest BCUT2D eigenvalue weighted by molar-refractivity contribution is 5.82. The summed E-state index contributed by atoms with van der Waals surface area (Å²) in [5.41, 5.74) is 1.78. The number of nitrogens with zero attached hydrogens (tertiary/aromatic N) is 1. The smallest absolute Gasteiger partial charge is 0.326 e. The highest BCUT2D eigenvalue weighted by Crippen LogP contribution is 2.10. The van der Waals surface area contributed by atoms with Crippen LogP contribution in [0.3, 0.4) is 0 Å². The van der Waals surface area contributed by atoms with Crippen molar-refractivity contribution in [2.75, 3.05) is 13.6 Å². The van der Waals surface area contributed by atoms with Gasteiger partial charge in [0.1, 0.15) is 11.9 Å². The van der Waals surface area contributed by atoms with Crippen molar-refractivity contribution in [3.05, 3.63) is 35.1 Å². The number of carbonyl (C=O) groups excluding carboxylic acids is 1. The lowest BCUT2D eigenvalue weighted by atomic mass is 10.1. The lowest BCUT2D eigenvalue weighted by Crippen LogP contribution is -2.47. The predicted octanol–water partition coefficient (Wildman–Crippen LogP) is 2.18. The number of benzene rings is 1. The molecule has 5 nitrogen and oxygen atoms in total. The van der Waals surface area contributed by atoms with Crippen LogP contribution < -0.4 is 5.32 Å². The lowest BCUT2D eigenvalue weighted by molar-refractivity contribution is -0.141. The Morgan fingerprint density at radius 1 is 1.43 bits per heavy atom. The number of aryl methyl sites for hydroxylation is 1. The number of likely N-dealkylation sites (N-methyl/N-ethyl adjacent to an activating group) is 1. The molecule has 0 fully saturated rings. The molecule has 0 saturated heterocycles. The van der Waals surface area contributed by atoms with Gasteiger partial charge in [-0.05, 0) is 43.0 Å². The standard InChI is InChI=1S/C15H21FN2O3/c1-4-13(14(19)20)18(3)15(21)17-8-7-11-5-6-12(16)9-10(11)2/h5-6,9,13H,4,7-8H2,1-3H3,(H,17,21)(H,19,20). The van der Waals surface area contributed by atoms with Gasteiger partial charge in [-0.15, -0.1) is 0 Å².